The van der Waals surface area contributed by atoms with Crippen molar-refractivity contribution in [1.29, 1.82) is 0 Å². The van der Waals surface area contributed by atoms with Gasteiger partial charge >= 0.3 is 0 Å². The Kier molecular flexibility index (Phi) is 4.22. The van der Waals surface area contributed by atoms with Crippen molar-refractivity contribution in [1.82, 2.24) is 0 Å². The number of rotatable bonds is 3. The summed E-state index contributed by atoms with van der Waals surface area (Å²) in [7, 11) is 1.44. The van der Waals surface area contributed by atoms with Crippen molar-refractivity contribution in [2.75, 3.05) is 7.11 Å². The molecule has 0 saturated carbocycles. The molecule has 19 heavy (non-hydrogen) atoms. The molecule has 0 aliphatic carbocycles. The van der Waals surface area contributed by atoms with Gasteiger partial charge in [0.1, 0.15) is 11.6 Å². The summed E-state index contributed by atoms with van der Waals surface area (Å²) in [4.78, 5) is 12.4. The molecular formula is C14H9BrClFO2. The molecule has 0 aliphatic rings. The maximum Gasteiger partial charge on any atom is 0.199 e. The van der Waals surface area contributed by atoms with Crippen molar-refractivity contribution in [3.63, 3.8) is 0 Å². The summed E-state index contributed by atoms with van der Waals surface area (Å²) >= 11 is 8.92. The maximum atomic E-state index is 13.9. The third-order valence-electron chi connectivity index (χ3n) is 2.60. The third kappa shape index (κ3) is 2.80. The highest BCUT2D eigenvalue weighted by atomic mass is 79.9. The molecule has 0 bridgehead atoms. The van der Waals surface area contributed by atoms with Crippen LogP contribution in [0.2, 0.25) is 5.02 Å². The first-order valence-electron chi connectivity index (χ1n) is 5.37. The average molecular weight is 344 g/mol. The number of carbonyl (C=O) groups is 1. The molecule has 0 spiro atoms. The Hall–Kier alpha value is -1.39. The molecule has 98 valence electrons. The van der Waals surface area contributed by atoms with Crippen molar-refractivity contribution in [2.24, 2.45) is 0 Å². The van der Waals surface area contributed by atoms with Gasteiger partial charge in [-0.2, -0.15) is 0 Å². The minimum atomic E-state index is -0.602. The van der Waals surface area contributed by atoms with Crippen LogP contribution in [0.5, 0.6) is 5.75 Å². The lowest BCUT2D eigenvalue weighted by molar-refractivity contribution is 0.103. The molecule has 2 rings (SSSR count). The van der Waals surface area contributed by atoms with Crippen molar-refractivity contribution in [3.05, 3.63) is 62.8 Å². The second-order valence-corrected chi connectivity index (χ2v) is 5.07. The van der Waals surface area contributed by atoms with Crippen molar-refractivity contribution >= 4 is 33.3 Å². The molecule has 0 amide bonds. The van der Waals surface area contributed by atoms with Gasteiger partial charge in [0, 0.05) is 5.02 Å². The Balaban J connectivity index is 2.56. The van der Waals surface area contributed by atoms with E-state index in [-0.39, 0.29) is 15.6 Å². The average Bonchev–Trinajstić information content (AvgIpc) is 2.41. The number of hydrogen-bond donors (Lipinski definition) is 0. The zero-order valence-electron chi connectivity index (χ0n) is 9.91. The lowest BCUT2D eigenvalue weighted by Gasteiger charge is -2.09. The molecule has 0 aromatic heterocycles. The van der Waals surface area contributed by atoms with Crippen molar-refractivity contribution in [2.45, 2.75) is 0 Å². The van der Waals surface area contributed by atoms with E-state index >= 15 is 0 Å². The van der Waals surface area contributed by atoms with Crippen molar-refractivity contribution < 1.29 is 13.9 Å². The van der Waals surface area contributed by atoms with Crippen LogP contribution in [-0.2, 0) is 0 Å². The fraction of sp³-hybridized carbons (Fsp3) is 0.0714. The summed E-state index contributed by atoms with van der Waals surface area (Å²) < 4.78 is 19.3. The highest BCUT2D eigenvalue weighted by Gasteiger charge is 2.19. The topological polar surface area (TPSA) is 26.3 Å². The largest absolute Gasteiger partial charge is 0.496 e. The number of hydrogen-bond acceptors (Lipinski definition) is 2. The van der Waals surface area contributed by atoms with Crippen LogP contribution in [-0.4, -0.2) is 12.9 Å². The summed E-state index contributed by atoms with van der Waals surface area (Å²) in [5, 5.41) is 0.388. The van der Waals surface area contributed by atoms with Crippen LogP contribution >= 0.6 is 27.5 Å². The first-order valence-corrected chi connectivity index (χ1v) is 6.54. The molecule has 5 heteroatoms. The van der Waals surface area contributed by atoms with Crippen LogP contribution in [0.1, 0.15) is 15.9 Å². The molecule has 2 aromatic carbocycles. The molecule has 0 heterocycles. The number of halogens is 3. The van der Waals surface area contributed by atoms with Gasteiger partial charge in [0.2, 0.25) is 0 Å². The number of ketones is 1. The standard InChI is InChI=1S/C14H9BrClFO2/c1-19-12-6-5-8(16)7-10(12)14(18)9-3-2-4-11(15)13(9)17/h2-7H,1H3. The molecule has 0 fully saturated rings. The van der Waals surface area contributed by atoms with Gasteiger partial charge in [0.25, 0.3) is 0 Å². The van der Waals surface area contributed by atoms with Crippen LogP contribution in [0.15, 0.2) is 40.9 Å². The molecule has 2 nitrogen and oxygen atoms in total. The first-order chi connectivity index (χ1) is 9.04. The fourth-order valence-corrected chi connectivity index (χ4v) is 2.22. The Morgan fingerprint density at radius 3 is 2.68 bits per heavy atom. The van der Waals surface area contributed by atoms with Crippen LogP contribution in [0.25, 0.3) is 0 Å². The van der Waals surface area contributed by atoms with Crippen LogP contribution in [0, 0.1) is 5.82 Å². The number of ether oxygens (including phenoxy) is 1. The molecule has 2 aromatic rings. The van der Waals surface area contributed by atoms with Gasteiger partial charge in [-0.25, -0.2) is 4.39 Å². The third-order valence-corrected chi connectivity index (χ3v) is 3.45. The summed E-state index contributed by atoms with van der Waals surface area (Å²) in [6, 6.07) is 9.18. The second kappa shape index (κ2) is 5.72. The van der Waals surface area contributed by atoms with Gasteiger partial charge in [-0.3, -0.25) is 4.79 Å². The van der Waals surface area contributed by atoms with Gasteiger partial charge in [-0.1, -0.05) is 17.7 Å². The van der Waals surface area contributed by atoms with Crippen LogP contribution in [0.3, 0.4) is 0 Å². The molecule has 0 N–H and O–H groups in total. The number of benzene rings is 2. The van der Waals surface area contributed by atoms with Crippen LogP contribution < -0.4 is 4.74 Å². The Labute approximate surface area is 123 Å². The van der Waals surface area contributed by atoms with Gasteiger partial charge in [0.15, 0.2) is 5.78 Å². The summed E-state index contributed by atoms with van der Waals surface area (Å²) in [5.41, 5.74) is 0.196. The van der Waals surface area contributed by atoms with E-state index in [0.717, 1.165) is 0 Å². The minimum Gasteiger partial charge on any atom is -0.496 e. The Morgan fingerprint density at radius 1 is 1.26 bits per heavy atom. The summed E-state index contributed by atoms with van der Waals surface area (Å²) in [6.07, 6.45) is 0. The van der Waals surface area contributed by atoms with Gasteiger partial charge in [-0.05, 0) is 46.3 Å². The Morgan fingerprint density at radius 2 is 2.00 bits per heavy atom. The van der Waals surface area contributed by atoms with E-state index in [1.807, 2.05) is 0 Å². The van der Waals surface area contributed by atoms with E-state index in [2.05, 4.69) is 15.9 Å². The smallest absolute Gasteiger partial charge is 0.199 e. The van der Waals surface area contributed by atoms with Gasteiger partial charge in [-0.15, -0.1) is 0 Å². The normalized spacial score (nSPS) is 10.3. The second-order valence-electron chi connectivity index (χ2n) is 3.78. The maximum absolute atomic E-state index is 13.9. The number of carbonyl (C=O) groups excluding carboxylic acids is 1. The predicted molar refractivity (Wildman–Crippen MR) is 75.5 cm³/mol. The van der Waals surface area contributed by atoms with Crippen molar-refractivity contribution in [3.8, 4) is 5.75 Å². The van der Waals surface area contributed by atoms with E-state index in [1.54, 1.807) is 18.2 Å². The van der Waals surface area contributed by atoms with E-state index in [1.165, 1.54) is 25.3 Å². The zero-order chi connectivity index (χ0) is 14.0. The lowest BCUT2D eigenvalue weighted by Crippen LogP contribution is -2.06. The van der Waals surface area contributed by atoms with Crippen LogP contribution in [0.4, 0.5) is 4.39 Å². The van der Waals surface area contributed by atoms with Gasteiger partial charge in [0.05, 0.1) is 22.7 Å². The summed E-state index contributed by atoms with van der Waals surface area (Å²) in [6.45, 7) is 0. The van der Waals surface area contributed by atoms with E-state index in [4.69, 9.17) is 16.3 Å². The van der Waals surface area contributed by atoms with E-state index in [9.17, 15) is 9.18 Å². The number of methoxy groups -OCH3 is 1. The molecule has 0 aliphatic heterocycles. The first kappa shape index (κ1) is 14.0. The highest BCUT2D eigenvalue weighted by molar-refractivity contribution is 9.10. The van der Waals surface area contributed by atoms with E-state index in [0.29, 0.717) is 10.8 Å². The fourth-order valence-electron chi connectivity index (χ4n) is 1.68. The summed E-state index contributed by atoms with van der Waals surface area (Å²) in [5.74, 6) is -0.721. The highest BCUT2D eigenvalue weighted by Crippen LogP contribution is 2.27. The SMILES string of the molecule is COc1ccc(Cl)cc1C(=O)c1cccc(Br)c1F. The minimum absolute atomic E-state index is 0.0325. The Bertz CT molecular complexity index is 643. The van der Waals surface area contributed by atoms with E-state index < -0.39 is 11.6 Å². The quantitative estimate of drug-likeness (QED) is 0.768. The monoisotopic (exact) mass is 342 g/mol. The molecular weight excluding hydrogens is 335 g/mol. The predicted octanol–water partition coefficient (Wildman–Crippen LogP) is 4.48. The zero-order valence-corrected chi connectivity index (χ0v) is 12.3. The van der Waals surface area contributed by atoms with Gasteiger partial charge < -0.3 is 4.74 Å². The lowest BCUT2D eigenvalue weighted by atomic mass is 10.0. The molecule has 0 radical (unpaired) electrons. The molecule has 0 atom stereocenters. The molecule has 0 unspecified atom stereocenters. The molecule has 0 saturated heterocycles.